The molecule has 0 bridgehead atoms. The van der Waals surface area contributed by atoms with Crippen molar-refractivity contribution in [2.45, 2.75) is 25.0 Å². The van der Waals surface area contributed by atoms with E-state index in [2.05, 4.69) is 0 Å². The normalized spacial score (nSPS) is 15.4. The predicted molar refractivity (Wildman–Crippen MR) is 90.7 cm³/mol. The molecule has 1 aliphatic heterocycles. The largest absolute Gasteiger partial charge is 0.496 e. The van der Waals surface area contributed by atoms with Gasteiger partial charge in [-0.2, -0.15) is 11.8 Å². The second kappa shape index (κ2) is 8.82. The summed E-state index contributed by atoms with van der Waals surface area (Å²) in [4.78, 5) is 24.9. The number of ether oxygens (including phenoxy) is 1. The Morgan fingerprint density at radius 2 is 2.00 bits per heavy atom. The van der Waals surface area contributed by atoms with E-state index >= 15 is 0 Å². The van der Waals surface area contributed by atoms with Crippen LogP contribution in [0.15, 0.2) is 24.3 Å². The third-order valence-electron chi connectivity index (χ3n) is 4.11. The number of piperidine rings is 1. The highest BCUT2D eigenvalue weighted by atomic mass is 32.2. The van der Waals surface area contributed by atoms with E-state index in [9.17, 15) is 9.59 Å². The fourth-order valence-electron chi connectivity index (χ4n) is 2.70. The molecule has 0 atom stereocenters. The molecule has 1 heterocycles. The summed E-state index contributed by atoms with van der Waals surface area (Å²) >= 11 is 1.71. The van der Waals surface area contributed by atoms with Crippen molar-refractivity contribution in [3.8, 4) is 5.75 Å². The molecular weight excluding hydrogens is 314 g/mol. The minimum Gasteiger partial charge on any atom is -0.496 e. The third-order valence-corrected chi connectivity index (χ3v) is 5.12. The zero-order valence-corrected chi connectivity index (χ0v) is 14.2. The molecule has 1 amide bonds. The van der Waals surface area contributed by atoms with Crippen LogP contribution in [0.4, 0.5) is 0 Å². The van der Waals surface area contributed by atoms with Crippen LogP contribution in [0.3, 0.4) is 0 Å². The Bertz CT molecular complexity index is 541. The number of carboxylic acid groups (broad SMARTS) is 1. The van der Waals surface area contributed by atoms with E-state index in [0.29, 0.717) is 32.4 Å². The van der Waals surface area contributed by atoms with Crippen molar-refractivity contribution in [1.82, 2.24) is 4.90 Å². The van der Waals surface area contributed by atoms with Gasteiger partial charge in [-0.3, -0.25) is 9.59 Å². The number of methoxy groups -OCH3 is 1. The second-order valence-corrected chi connectivity index (χ2v) is 6.71. The van der Waals surface area contributed by atoms with Crippen molar-refractivity contribution in [2.75, 3.05) is 26.0 Å². The number of hydrogen-bond donors (Lipinski definition) is 1. The smallest absolute Gasteiger partial charge is 0.306 e. The van der Waals surface area contributed by atoms with Gasteiger partial charge < -0.3 is 14.7 Å². The van der Waals surface area contributed by atoms with Crippen molar-refractivity contribution < 1.29 is 19.4 Å². The zero-order valence-electron chi connectivity index (χ0n) is 13.4. The quantitative estimate of drug-likeness (QED) is 0.775. The Balaban J connectivity index is 1.68. The molecule has 5 nitrogen and oxygen atoms in total. The number of rotatable bonds is 7. The summed E-state index contributed by atoms with van der Waals surface area (Å²) in [6.07, 6.45) is 1.63. The number of para-hydroxylation sites is 1. The number of aliphatic carboxylic acids is 1. The average Bonchev–Trinajstić information content (AvgIpc) is 2.59. The van der Waals surface area contributed by atoms with Crippen molar-refractivity contribution in [3.05, 3.63) is 29.8 Å². The molecule has 1 aromatic rings. The van der Waals surface area contributed by atoms with E-state index in [1.54, 1.807) is 23.8 Å². The van der Waals surface area contributed by atoms with Gasteiger partial charge >= 0.3 is 5.97 Å². The number of nitrogens with zero attached hydrogens (tertiary/aromatic N) is 1. The van der Waals surface area contributed by atoms with Crippen LogP contribution in [0.5, 0.6) is 5.75 Å². The predicted octanol–water partition coefficient (Wildman–Crippen LogP) is 2.64. The lowest BCUT2D eigenvalue weighted by atomic mass is 9.97. The molecule has 126 valence electrons. The molecule has 1 fully saturated rings. The first-order chi connectivity index (χ1) is 11.1. The third kappa shape index (κ3) is 5.16. The van der Waals surface area contributed by atoms with Crippen LogP contribution in [-0.2, 0) is 15.3 Å². The number of benzene rings is 1. The molecule has 23 heavy (non-hydrogen) atoms. The van der Waals surface area contributed by atoms with E-state index < -0.39 is 5.97 Å². The molecule has 1 N–H and O–H groups in total. The van der Waals surface area contributed by atoms with Crippen LogP contribution >= 0.6 is 11.8 Å². The average molecular weight is 337 g/mol. The molecule has 1 aromatic carbocycles. The number of likely N-dealkylation sites (tertiary alicyclic amines) is 1. The van der Waals surface area contributed by atoms with Gasteiger partial charge in [-0.1, -0.05) is 18.2 Å². The van der Waals surface area contributed by atoms with Gasteiger partial charge in [0.25, 0.3) is 0 Å². The number of amides is 1. The number of hydrogen-bond acceptors (Lipinski definition) is 4. The summed E-state index contributed by atoms with van der Waals surface area (Å²) in [7, 11) is 1.66. The van der Waals surface area contributed by atoms with Crippen LogP contribution in [-0.4, -0.2) is 47.8 Å². The lowest BCUT2D eigenvalue weighted by molar-refractivity contribution is -0.145. The highest BCUT2D eigenvalue weighted by Gasteiger charge is 2.26. The maximum Gasteiger partial charge on any atom is 0.306 e. The molecule has 0 aliphatic carbocycles. The van der Waals surface area contributed by atoms with Crippen molar-refractivity contribution in [2.24, 2.45) is 5.92 Å². The zero-order chi connectivity index (χ0) is 16.7. The van der Waals surface area contributed by atoms with Gasteiger partial charge in [-0.05, 0) is 18.9 Å². The topological polar surface area (TPSA) is 66.8 Å². The van der Waals surface area contributed by atoms with E-state index in [4.69, 9.17) is 9.84 Å². The Kier molecular flexibility index (Phi) is 6.77. The molecule has 0 saturated carbocycles. The summed E-state index contributed by atoms with van der Waals surface area (Å²) < 4.78 is 5.31. The van der Waals surface area contributed by atoms with Gasteiger partial charge in [0.05, 0.1) is 13.0 Å². The minimum absolute atomic E-state index is 0.126. The van der Waals surface area contributed by atoms with Gasteiger partial charge in [-0.15, -0.1) is 0 Å². The standard InChI is InChI=1S/C17H23NO4S/c1-22-15-5-3-2-4-14(15)12-23-11-8-16(19)18-9-6-13(7-10-18)17(20)21/h2-5,13H,6-12H2,1H3,(H,20,21). The first-order valence-electron chi connectivity index (χ1n) is 7.82. The fourth-order valence-corrected chi connectivity index (χ4v) is 3.62. The van der Waals surface area contributed by atoms with Crippen LogP contribution < -0.4 is 4.74 Å². The van der Waals surface area contributed by atoms with Crippen LogP contribution in [0, 0.1) is 5.92 Å². The highest BCUT2D eigenvalue weighted by Crippen LogP contribution is 2.23. The minimum atomic E-state index is -0.746. The Labute approximate surface area is 141 Å². The van der Waals surface area contributed by atoms with Crippen LogP contribution in [0.25, 0.3) is 0 Å². The van der Waals surface area contributed by atoms with Crippen molar-refractivity contribution in [3.63, 3.8) is 0 Å². The molecular formula is C17H23NO4S. The Hall–Kier alpha value is -1.69. The van der Waals surface area contributed by atoms with Gasteiger partial charge in [0.15, 0.2) is 0 Å². The van der Waals surface area contributed by atoms with Crippen molar-refractivity contribution >= 4 is 23.6 Å². The Morgan fingerprint density at radius 3 is 2.65 bits per heavy atom. The summed E-state index contributed by atoms with van der Waals surface area (Å²) in [5.74, 6) is 1.54. The van der Waals surface area contributed by atoms with Crippen molar-refractivity contribution in [1.29, 1.82) is 0 Å². The lowest BCUT2D eigenvalue weighted by Gasteiger charge is -2.30. The number of carbonyl (C=O) groups excluding carboxylic acids is 1. The molecule has 0 radical (unpaired) electrons. The van der Waals surface area contributed by atoms with Crippen LogP contribution in [0.2, 0.25) is 0 Å². The summed E-state index contributed by atoms with van der Waals surface area (Å²) in [6, 6.07) is 7.89. The first-order valence-corrected chi connectivity index (χ1v) is 8.97. The maximum atomic E-state index is 12.1. The summed E-state index contributed by atoms with van der Waals surface area (Å²) in [5, 5.41) is 8.97. The monoisotopic (exact) mass is 337 g/mol. The molecule has 6 heteroatoms. The first kappa shape index (κ1) is 17.7. The lowest BCUT2D eigenvalue weighted by Crippen LogP contribution is -2.40. The van der Waals surface area contributed by atoms with E-state index in [0.717, 1.165) is 22.8 Å². The maximum absolute atomic E-state index is 12.1. The van der Waals surface area contributed by atoms with E-state index in [1.807, 2.05) is 24.3 Å². The summed E-state index contributed by atoms with van der Waals surface area (Å²) in [5.41, 5.74) is 1.13. The van der Waals surface area contributed by atoms with Gasteiger partial charge in [-0.25, -0.2) is 0 Å². The molecule has 1 saturated heterocycles. The summed E-state index contributed by atoms with van der Waals surface area (Å²) in [6.45, 7) is 1.12. The Morgan fingerprint density at radius 1 is 1.30 bits per heavy atom. The molecule has 2 rings (SSSR count). The highest BCUT2D eigenvalue weighted by molar-refractivity contribution is 7.98. The second-order valence-electron chi connectivity index (χ2n) is 5.61. The number of thioether (sulfide) groups is 1. The molecule has 1 aliphatic rings. The molecule has 0 spiro atoms. The number of carboxylic acids is 1. The molecule has 0 unspecified atom stereocenters. The van der Waals surface area contributed by atoms with Gasteiger partial charge in [0.2, 0.25) is 5.91 Å². The van der Waals surface area contributed by atoms with Crippen LogP contribution in [0.1, 0.15) is 24.8 Å². The van der Waals surface area contributed by atoms with Gasteiger partial charge in [0.1, 0.15) is 5.75 Å². The van der Waals surface area contributed by atoms with E-state index in [-0.39, 0.29) is 11.8 Å². The number of carbonyl (C=O) groups is 2. The van der Waals surface area contributed by atoms with Gasteiger partial charge in [0, 0.05) is 36.6 Å². The van der Waals surface area contributed by atoms with E-state index in [1.165, 1.54) is 0 Å². The fraction of sp³-hybridized carbons (Fsp3) is 0.529. The molecule has 0 aromatic heterocycles. The SMILES string of the molecule is COc1ccccc1CSCCC(=O)N1CCC(C(=O)O)CC1.